The molecule has 1 saturated heterocycles. The summed E-state index contributed by atoms with van der Waals surface area (Å²) in [5.41, 5.74) is 1.22. The van der Waals surface area contributed by atoms with Crippen molar-refractivity contribution in [1.82, 2.24) is 24.8 Å². The third kappa shape index (κ3) is 4.04. The van der Waals surface area contributed by atoms with Crippen LogP contribution in [-0.4, -0.2) is 50.4 Å². The number of hydrogen-bond donors (Lipinski definition) is 1. The van der Waals surface area contributed by atoms with Crippen LogP contribution in [0.4, 0.5) is 0 Å². The van der Waals surface area contributed by atoms with Crippen LogP contribution in [-0.2, 0) is 4.79 Å². The summed E-state index contributed by atoms with van der Waals surface area (Å²) in [4.78, 5) is 34.6. The van der Waals surface area contributed by atoms with Gasteiger partial charge in [0.1, 0.15) is 5.69 Å². The molecule has 1 aliphatic rings. The number of piperidine rings is 1. The fourth-order valence-electron chi connectivity index (χ4n) is 2.98. The highest BCUT2D eigenvalue weighted by Crippen LogP contribution is 2.14. The first-order valence-corrected chi connectivity index (χ1v) is 8.58. The summed E-state index contributed by atoms with van der Waals surface area (Å²) in [6, 6.07) is 3.64. The van der Waals surface area contributed by atoms with Crippen molar-refractivity contribution in [1.29, 1.82) is 0 Å². The number of amides is 2. The highest BCUT2D eigenvalue weighted by molar-refractivity contribution is 5.93. The summed E-state index contributed by atoms with van der Waals surface area (Å²) in [5, 5.41) is 3.03. The number of rotatable bonds is 4. The molecule has 2 aromatic rings. The maximum Gasteiger partial charge on any atom is 0.270 e. The number of nitrogens with one attached hydrogen (secondary N) is 1. The van der Waals surface area contributed by atoms with Gasteiger partial charge in [0.2, 0.25) is 5.91 Å². The van der Waals surface area contributed by atoms with Crippen LogP contribution in [0.5, 0.6) is 0 Å². The van der Waals surface area contributed by atoms with E-state index < -0.39 is 0 Å². The van der Waals surface area contributed by atoms with Crippen molar-refractivity contribution in [3.63, 3.8) is 0 Å². The molecule has 1 N–H and O–H groups in total. The highest BCUT2D eigenvalue weighted by Gasteiger charge is 2.25. The summed E-state index contributed by atoms with van der Waals surface area (Å²) in [5.74, 6) is 0.0105. The number of carbonyl (C=O) groups excluding carboxylic acids is 2. The molecule has 3 heterocycles. The van der Waals surface area contributed by atoms with Crippen LogP contribution in [0.15, 0.2) is 37.1 Å². The number of likely N-dealkylation sites (tertiary alicyclic amines) is 1. The van der Waals surface area contributed by atoms with Crippen LogP contribution in [0.1, 0.15) is 37.2 Å². The third-order valence-corrected chi connectivity index (χ3v) is 4.41. The predicted octanol–water partition coefficient (Wildman–Crippen LogP) is 1.64. The van der Waals surface area contributed by atoms with Gasteiger partial charge in [-0.3, -0.25) is 14.6 Å². The Morgan fingerprint density at radius 3 is 2.64 bits per heavy atom. The zero-order valence-corrected chi connectivity index (χ0v) is 14.6. The topological polar surface area (TPSA) is 80.1 Å². The molecule has 0 atom stereocenters. The van der Waals surface area contributed by atoms with Gasteiger partial charge in [0.05, 0.1) is 12.0 Å². The first-order chi connectivity index (χ1) is 12.0. The van der Waals surface area contributed by atoms with Gasteiger partial charge in [-0.15, -0.1) is 0 Å². The van der Waals surface area contributed by atoms with Gasteiger partial charge >= 0.3 is 0 Å². The molecule has 25 heavy (non-hydrogen) atoms. The van der Waals surface area contributed by atoms with Gasteiger partial charge in [-0.25, -0.2) is 4.98 Å². The van der Waals surface area contributed by atoms with Crippen LogP contribution in [0.2, 0.25) is 0 Å². The number of hydrogen-bond acceptors (Lipinski definition) is 4. The van der Waals surface area contributed by atoms with E-state index in [1.807, 2.05) is 35.6 Å². The second-order valence-corrected chi connectivity index (χ2v) is 6.60. The van der Waals surface area contributed by atoms with Gasteiger partial charge in [-0.2, -0.15) is 0 Å². The minimum absolute atomic E-state index is 0.0151. The fraction of sp³-hybridized carbons (Fsp3) is 0.444. The van der Waals surface area contributed by atoms with Crippen LogP contribution >= 0.6 is 0 Å². The maximum absolute atomic E-state index is 12.5. The molecule has 2 amide bonds. The van der Waals surface area contributed by atoms with Gasteiger partial charge in [0.15, 0.2) is 0 Å². The SMILES string of the molecule is CC(C)C(=O)N1CCC(NC(=O)c2cc(-n3ccnc3)ccn2)CC1. The van der Waals surface area contributed by atoms with E-state index in [0.717, 1.165) is 18.5 Å². The molecule has 0 aromatic carbocycles. The number of pyridine rings is 1. The van der Waals surface area contributed by atoms with E-state index in [1.165, 1.54) is 0 Å². The van der Waals surface area contributed by atoms with E-state index in [1.54, 1.807) is 24.8 Å². The van der Waals surface area contributed by atoms with Crippen molar-refractivity contribution in [2.75, 3.05) is 13.1 Å². The summed E-state index contributed by atoms with van der Waals surface area (Å²) in [7, 11) is 0. The van der Waals surface area contributed by atoms with E-state index >= 15 is 0 Å². The normalized spacial score (nSPS) is 15.4. The number of imidazole rings is 1. The third-order valence-electron chi connectivity index (χ3n) is 4.41. The number of nitrogens with zero attached hydrogens (tertiary/aromatic N) is 4. The van der Waals surface area contributed by atoms with E-state index in [0.29, 0.717) is 18.8 Å². The molecule has 0 bridgehead atoms. The highest BCUT2D eigenvalue weighted by atomic mass is 16.2. The molecule has 0 spiro atoms. The van der Waals surface area contributed by atoms with Crippen LogP contribution in [0.3, 0.4) is 0 Å². The Kier molecular flexibility index (Phi) is 5.11. The van der Waals surface area contributed by atoms with Gasteiger partial charge in [-0.1, -0.05) is 13.8 Å². The number of carbonyl (C=O) groups is 2. The second-order valence-electron chi connectivity index (χ2n) is 6.60. The van der Waals surface area contributed by atoms with Crippen molar-refractivity contribution >= 4 is 11.8 Å². The molecule has 3 rings (SSSR count). The molecule has 1 fully saturated rings. The molecule has 1 aliphatic heterocycles. The van der Waals surface area contributed by atoms with E-state index in [9.17, 15) is 9.59 Å². The Bertz CT molecular complexity index is 734. The molecule has 0 aliphatic carbocycles. The lowest BCUT2D eigenvalue weighted by Crippen LogP contribution is -2.47. The summed E-state index contributed by atoms with van der Waals surface area (Å²) in [6.07, 6.45) is 8.34. The van der Waals surface area contributed by atoms with Crippen LogP contribution in [0, 0.1) is 5.92 Å². The molecule has 0 unspecified atom stereocenters. The molecular weight excluding hydrogens is 318 g/mol. The number of aromatic nitrogens is 3. The lowest BCUT2D eigenvalue weighted by atomic mass is 10.0. The molecule has 132 valence electrons. The van der Waals surface area contributed by atoms with Crippen LogP contribution in [0.25, 0.3) is 5.69 Å². The summed E-state index contributed by atoms with van der Waals surface area (Å²) in [6.45, 7) is 5.19. The van der Waals surface area contributed by atoms with Crippen molar-refractivity contribution in [2.24, 2.45) is 5.92 Å². The summed E-state index contributed by atoms with van der Waals surface area (Å²) < 4.78 is 1.83. The van der Waals surface area contributed by atoms with E-state index in [-0.39, 0.29) is 23.8 Å². The van der Waals surface area contributed by atoms with Gasteiger partial charge in [-0.05, 0) is 25.0 Å². The Balaban J connectivity index is 1.59. The van der Waals surface area contributed by atoms with Crippen molar-refractivity contribution in [3.05, 3.63) is 42.7 Å². The Morgan fingerprint density at radius 1 is 1.24 bits per heavy atom. The molecule has 0 radical (unpaired) electrons. The van der Waals surface area contributed by atoms with Crippen LogP contribution < -0.4 is 5.32 Å². The maximum atomic E-state index is 12.5. The lowest BCUT2D eigenvalue weighted by molar-refractivity contribution is -0.135. The van der Waals surface area contributed by atoms with E-state index in [2.05, 4.69) is 15.3 Å². The standard InChI is InChI=1S/C18H23N5O2/c1-13(2)18(25)22-8-4-14(5-9-22)21-17(24)16-11-15(3-6-20-16)23-10-7-19-12-23/h3,6-7,10-14H,4-5,8-9H2,1-2H3,(H,21,24). The average molecular weight is 341 g/mol. The molecule has 0 saturated carbocycles. The van der Waals surface area contributed by atoms with E-state index in [4.69, 9.17) is 0 Å². The Labute approximate surface area is 147 Å². The monoisotopic (exact) mass is 341 g/mol. The fourth-order valence-corrected chi connectivity index (χ4v) is 2.98. The van der Waals surface area contributed by atoms with Gasteiger partial charge in [0.25, 0.3) is 5.91 Å². The first kappa shape index (κ1) is 17.1. The van der Waals surface area contributed by atoms with Crippen molar-refractivity contribution in [3.8, 4) is 5.69 Å². The smallest absolute Gasteiger partial charge is 0.270 e. The molecular formula is C18H23N5O2. The quantitative estimate of drug-likeness (QED) is 0.917. The van der Waals surface area contributed by atoms with Gasteiger partial charge < -0.3 is 14.8 Å². The largest absolute Gasteiger partial charge is 0.348 e. The summed E-state index contributed by atoms with van der Waals surface area (Å²) >= 11 is 0. The predicted molar refractivity (Wildman–Crippen MR) is 93.3 cm³/mol. The zero-order chi connectivity index (χ0) is 17.8. The lowest BCUT2D eigenvalue weighted by Gasteiger charge is -2.33. The first-order valence-electron chi connectivity index (χ1n) is 8.58. The molecule has 7 nitrogen and oxygen atoms in total. The molecule has 2 aromatic heterocycles. The van der Waals surface area contributed by atoms with Gasteiger partial charge in [0, 0.05) is 43.6 Å². The van der Waals surface area contributed by atoms with Crippen molar-refractivity contribution < 1.29 is 9.59 Å². The minimum atomic E-state index is -0.185. The second kappa shape index (κ2) is 7.46. The minimum Gasteiger partial charge on any atom is -0.348 e. The molecule has 7 heteroatoms. The van der Waals surface area contributed by atoms with Crippen molar-refractivity contribution in [2.45, 2.75) is 32.7 Å². The average Bonchev–Trinajstić information content (AvgIpc) is 3.16. The zero-order valence-electron chi connectivity index (χ0n) is 14.6. The Morgan fingerprint density at radius 2 is 2.00 bits per heavy atom. The Hall–Kier alpha value is -2.70.